The molecule has 0 saturated heterocycles. The number of carbonyl (C=O) groups excluding carboxylic acids is 1. The van der Waals surface area contributed by atoms with Crippen LogP contribution in [-0.2, 0) is 14.4 Å². The molecule has 6 nitrogen and oxygen atoms in total. The number of esters is 1. The standard InChI is InChI=1S/C23H38O6/c1-2-3-13-16-22(29-27)17-14-11-9-7-5-4-6-8-10-12-15-18-23(26)28-20-21(25)19-24/h4-6,8,10,12,15,18,21-22,24-25,27H,2-3,7,9,11,13-14,16-17,19-20H2,1H3. The minimum Gasteiger partial charge on any atom is -0.460 e. The van der Waals surface area contributed by atoms with E-state index >= 15 is 0 Å². The van der Waals surface area contributed by atoms with Gasteiger partial charge in [0.1, 0.15) is 12.7 Å². The lowest BCUT2D eigenvalue weighted by molar-refractivity contribution is -0.281. The molecular weight excluding hydrogens is 372 g/mol. The van der Waals surface area contributed by atoms with Crippen LogP contribution in [0.25, 0.3) is 0 Å². The maximum atomic E-state index is 11.3. The smallest absolute Gasteiger partial charge is 0.330 e. The first-order valence-corrected chi connectivity index (χ1v) is 10.6. The van der Waals surface area contributed by atoms with Crippen LogP contribution in [0.2, 0.25) is 0 Å². The van der Waals surface area contributed by atoms with E-state index in [1.54, 1.807) is 18.2 Å². The third-order valence-electron chi connectivity index (χ3n) is 4.23. The van der Waals surface area contributed by atoms with Crippen LogP contribution in [0, 0.1) is 0 Å². The largest absolute Gasteiger partial charge is 0.460 e. The van der Waals surface area contributed by atoms with Gasteiger partial charge in [-0.25, -0.2) is 9.68 Å². The quantitative estimate of drug-likeness (QED) is 0.0769. The summed E-state index contributed by atoms with van der Waals surface area (Å²) < 4.78 is 4.72. The highest BCUT2D eigenvalue weighted by Crippen LogP contribution is 2.14. The molecule has 2 unspecified atom stereocenters. The van der Waals surface area contributed by atoms with E-state index in [-0.39, 0.29) is 12.7 Å². The van der Waals surface area contributed by atoms with Crippen LogP contribution in [0.3, 0.4) is 0 Å². The van der Waals surface area contributed by atoms with Gasteiger partial charge in [-0.15, -0.1) is 0 Å². The van der Waals surface area contributed by atoms with E-state index in [0.29, 0.717) is 0 Å². The molecule has 0 aliphatic heterocycles. The number of allylic oxidation sites excluding steroid dienone is 7. The molecule has 0 aromatic heterocycles. The number of rotatable bonds is 18. The monoisotopic (exact) mass is 410 g/mol. The predicted octanol–water partition coefficient (Wildman–Crippen LogP) is 4.50. The van der Waals surface area contributed by atoms with Gasteiger partial charge in [0.15, 0.2) is 0 Å². The number of unbranched alkanes of at least 4 members (excludes halogenated alkanes) is 5. The van der Waals surface area contributed by atoms with E-state index in [4.69, 9.17) is 20.2 Å². The van der Waals surface area contributed by atoms with Crippen molar-refractivity contribution in [1.29, 1.82) is 0 Å². The Morgan fingerprint density at radius 3 is 2.24 bits per heavy atom. The Balaban J connectivity index is 3.71. The second kappa shape index (κ2) is 21.0. The van der Waals surface area contributed by atoms with E-state index in [1.807, 2.05) is 18.2 Å². The molecule has 0 fully saturated rings. The van der Waals surface area contributed by atoms with Crippen molar-refractivity contribution in [2.45, 2.75) is 76.9 Å². The zero-order chi connectivity index (χ0) is 21.6. The first-order chi connectivity index (χ1) is 14.1. The average Bonchev–Trinajstić information content (AvgIpc) is 2.73. The second-order valence-corrected chi connectivity index (χ2v) is 6.88. The molecular formula is C23H38O6. The van der Waals surface area contributed by atoms with Gasteiger partial charge >= 0.3 is 5.97 Å². The lowest BCUT2D eigenvalue weighted by Gasteiger charge is -2.12. The molecule has 0 aliphatic rings. The van der Waals surface area contributed by atoms with Gasteiger partial charge in [0.05, 0.1) is 12.7 Å². The van der Waals surface area contributed by atoms with Crippen LogP contribution >= 0.6 is 0 Å². The maximum absolute atomic E-state index is 11.3. The molecule has 166 valence electrons. The molecule has 0 spiro atoms. The van der Waals surface area contributed by atoms with Crippen LogP contribution in [0.4, 0.5) is 0 Å². The van der Waals surface area contributed by atoms with E-state index in [9.17, 15) is 4.79 Å². The fraction of sp³-hybridized carbons (Fsp3) is 0.609. The van der Waals surface area contributed by atoms with Crippen LogP contribution in [-0.4, -0.2) is 46.9 Å². The summed E-state index contributed by atoms with van der Waals surface area (Å²) >= 11 is 0. The van der Waals surface area contributed by atoms with Crippen molar-refractivity contribution in [3.05, 3.63) is 48.6 Å². The highest BCUT2D eigenvalue weighted by atomic mass is 17.1. The van der Waals surface area contributed by atoms with Gasteiger partial charge in [0.25, 0.3) is 0 Å². The van der Waals surface area contributed by atoms with Crippen molar-refractivity contribution < 1.29 is 29.9 Å². The van der Waals surface area contributed by atoms with Gasteiger partial charge in [-0.05, 0) is 25.7 Å². The Hall–Kier alpha value is -1.73. The maximum Gasteiger partial charge on any atom is 0.330 e. The van der Waals surface area contributed by atoms with Crippen molar-refractivity contribution in [1.82, 2.24) is 0 Å². The Kier molecular flexibility index (Phi) is 19.7. The molecule has 29 heavy (non-hydrogen) atoms. The second-order valence-electron chi connectivity index (χ2n) is 6.88. The van der Waals surface area contributed by atoms with Crippen LogP contribution in [0.1, 0.15) is 64.7 Å². The molecule has 0 radical (unpaired) electrons. The molecule has 6 heteroatoms. The van der Waals surface area contributed by atoms with Gasteiger partial charge < -0.3 is 14.9 Å². The minimum absolute atomic E-state index is 0.0187. The number of carbonyl (C=O) groups is 1. The third-order valence-corrected chi connectivity index (χ3v) is 4.23. The first kappa shape index (κ1) is 27.3. The van der Waals surface area contributed by atoms with Gasteiger partial charge in [-0.2, -0.15) is 0 Å². The summed E-state index contributed by atoms with van der Waals surface area (Å²) in [5.74, 6) is -0.566. The molecule has 0 rings (SSSR count). The van der Waals surface area contributed by atoms with Crippen LogP contribution < -0.4 is 0 Å². The third kappa shape index (κ3) is 19.4. The molecule has 0 bridgehead atoms. The SMILES string of the molecule is CCCCCC(CCCCCC=CC=CC=CC=CC(=O)OCC(O)CO)OO. The average molecular weight is 411 g/mol. The topological polar surface area (TPSA) is 96.2 Å². The number of aliphatic hydroxyl groups excluding tert-OH is 2. The van der Waals surface area contributed by atoms with Gasteiger partial charge in [0.2, 0.25) is 0 Å². The molecule has 2 atom stereocenters. The molecule has 0 heterocycles. The molecule has 3 N–H and O–H groups in total. The molecule has 0 aromatic rings. The first-order valence-electron chi connectivity index (χ1n) is 10.6. The highest BCUT2D eigenvalue weighted by molar-refractivity contribution is 5.82. The fourth-order valence-corrected chi connectivity index (χ4v) is 2.53. The van der Waals surface area contributed by atoms with E-state index in [0.717, 1.165) is 44.9 Å². The Morgan fingerprint density at radius 2 is 1.59 bits per heavy atom. The zero-order valence-corrected chi connectivity index (χ0v) is 17.6. The number of hydrogen-bond acceptors (Lipinski definition) is 6. The summed E-state index contributed by atoms with van der Waals surface area (Å²) in [7, 11) is 0. The minimum atomic E-state index is -1.04. The Labute approximate surface area is 175 Å². The number of ether oxygens (including phenoxy) is 1. The molecule has 0 amide bonds. The lowest BCUT2D eigenvalue weighted by atomic mass is 10.0. The summed E-state index contributed by atoms with van der Waals surface area (Å²) in [6.45, 7) is 1.51. The Bertz CT molecular complexity index is 496. The van der Waals surface area contributed by atoms with Crippen LogP contribution in [0.15, 0.2) is 48.6 Å². The van der Waals surface area contributed by atoms with Crippen molar-refractivity contribution in [3.8, 4) is 0 Å². The summed E-state index contributed by atoms with van der Waals surface area (Å²) in [4.78, 5) is 15.8. The summed E-state index contributed by atoms with van der Waals surface area (Å²) in [5.41, 5.74) is 0. The molecule has 0 aliphatic carbocycles. The van der Waals surface area contributed by atoms with Gasteiger partial charge in [-0.3, -0.25) is 5.26 Å². The lowest BCUT2D eigenvalue weighted by Crippen LogP contribution is -2.21. The van der Waals surface area contributed by atoms with Gasteiger partial charge in [-0.1, -0.05) is 81.6 Å². The number of aliphatic hydroxyl groups is 2. The van der Waals surface area contributed by atoms with Crippen molar-refractivity contribution in [3.63, 3.8) is 0 Å². The molecule has 0 aromatic carbocycles. The highest BCUT2D eigenvalue weighted by Gasteiger charge is 2.07. The summed E-state index contributed by atoms with van der Waals surface area (Å²) in [6, 6.07) is 0. The normalized spacial score (nSPS) is 14.5. The fourth-order valence-electron chi connectivity index (χ4n) is 2.53. The van der Waals surface area contributed by atoms with E-state index < -0.39 is 18.7 Å². The van der Waals surface area contributed by atoms with Crippen molar-refractivity contribution in [2.75, 3.05) is 13.2 Å². The predicted molar refractivity (Wildman–Crippen MR) is 115 cm³/mol. The van der Waals surface area contributed by atoms with Crippen molar-refractivity contribution in [2.24, 2.45) is 0 Å². The summed E-state index contributed by atoms with van der Waals surface area (Å²) in [6.07, 6.45) is 22.8. The molecule has 0 saturated carbocycles. The zero-order valence-electron chi connectivity index (χ0n) is 17.6. The van der Waals surface area contributed by atoms with Crippen molar-refractivity contribution >= 4 is 5.97 Å². The summed E-state index contributed by atoms with van der Waals surface area (Å²) in [5, 5.41) is 26.6. The number of hydrogen-bond donors (Lipinski definition) is 3. The Morgan fingerprint density at radius 1 is 0.931 bits per heavy atom. The van der Waals surface area contributed by atoms with E-state index in [2.05, 4.69) is 17.9 Å². The van der Waals surface area contributed by atoms with Crippen LogP contribution in [0.5, 0.6) is 0 Å². The van der Waals surface area contributed by atoms with E-state index in [1.165, 1.54) is 18.9 Å². The van der Waals surface area contributed by atoms with Gasteiger partial charge in [0, 0.05) is 6.08 Å².